The molecule has 2 atom stereocenters. The molecule has 0 radical (unpaired) electrons. The lowest BCUT2D eigenvalue weighted by Gasteiger charge is -2.32. The molecule has 0 N–H and O–H groups in total. The van der Waals surface area contributed by atoms with E-state index in [4.69, 9.17) is 0 Å². The summed E-state index contributed by atoms with van der Waals surface area (Å²) in [6, 6.07) is 0.194. The van der Waals surface area contributed by atoms with Crippen molar-refractivity contribution in [2.24, 2.45) is 16.2 Å². The average molecular weight is 342 g/mol. The molecule has 1 heterocycles. The van der Waals surface area contributed by atoms with Crippen LogP contribution in [0.5, 0.6) is 0 Å². The summed E-state index contributed by atoms with van der Waals surface area (Å²) in [5.74, 6) is 0.358. The number of carbonyl (C=O) groups is 1. The fraction of sp³-hybridized carbons (Fsp3) is 0.955. The van der Waals surface area contributed by atoms with E-state index in [-0.39, 0.29) is 6.04 Å². The van der Waals surface area contributed by atoms with Gasteiger partial charge in [0, 0.05) is 6.54 Å². The van der Waals surface area contributed by atoms with E-state index in [2.05, 4.69) is 25.8 Å². The molecule has 0 bridgehead atoms. The van der Waals surface area contributed by atoms with Gasteiger partial charge >= 0.3 is 0 Å². The highest BCUT2D eigenvalue weighted by molar-refractivity contribution is 5.82. The third-order valence-corrected chi connectivity index (χ3v) is 6.52. The zero-order valence-corrected chi connectivity index (χ0v) is 19.0. The molecule has 0 aromatic rings. The lowest BCUT2D eigenvalue weighted by Crippen LogP contribution is -2.31. The van der Waals surface area contributed by atoms with Crippen LogP contribution in [0.2, 0.25) is 0 Å². The maximum atomic E-state index is 11.7. The number of ketones is 1. The van der Waals surface area contributed by atoms with Crippen LogP contribution in [0.1, 0.15) is 102 Å². The number of likely N-dealkylation sites (tertiary alicyclic amines) is 1. The fourth-order valence-corrected chi connectivity index (χ4v) is 5.23. The van der Waals surface area contributed by atoms with Crippen LogP contribution in [0.3, 0.4) is 0 Å². The predicted octanol–water partition coefficient (Wildman–Crippen LogP) is 6.58. The zero-order chi connectivity index (χ0) is 19.8. The van der Waals surface area contributed by atoms with Gasteiger partial charge in [-0.3, -0.25) is 9.69 Å². The second-order valence-electron chi connectivity index (χ2n) is 6.89. The van der Waals surface area contributed by atoms with Gasteiger partial charge in [0.15, 0.2) is 0 Å². The Morgan fingerprint density at radius 1 is 0.875 bits per heavy atom. The van der Waals surface area contributed by atoms with E-state index in [1.54, 1.807) is 6.92 Å². The Labute approximate surface area is 153 Å². The molecule has 2 nitrogen and oxygen atoms in total. The van der Waals surface area contributed by atoms with Crippen LogP contribution in [-0.2, 0) is 4.79 Å². The van der Waals surface area contributed by atoms with Crippen molar-refractivity contribution in [1.82, 2.24) is 4.90 Å². The van der Waals surface area contributed by atoms with Crippen LogP contribution in [-0.4, -0.2) is 30.3 Å². The lowest BCUT2D eigenvalue weighted by atomic mass is 9.73. The van der Waals surface area contributed by atoms with E-state index in [0.29, 0.717) is 22.0 Å². The SMILES string of the molecule is CC.CC.CC.CC.CC(=O)C1C[C@]2(CN1C)C(C)(C)C21CCC1. The second-order valence-corrected chi connectivity index (χ2v) is 6.89. The summed E-state index contributed by atoms with van der Waals surface area (Å²) in [6.07, 6.45) is 5.32. The van der Waals surface area contributed by atoms with Gasteiger partial charge in [-0.15, -0.1) is 0 Å². The van der Waals surface area contributed by atoms with E-state index in [0.717, 1.165) is 13.0 Å². The van der Waals surface area contributed by atoms with Crippen LogP contribution in [0.15, 0.2) is 0 Å². The number of likely N-dealkylation sites (N-methyl/N-ethyl adjacent to an activating group) is 1. The molecule has 0 amide bonds. The van der Waals surface area contributed by atoms with Gasteiger partial charge in [-0.25, -0.2) is 0 Å². The van der Waals surface area contributed by atoms with E-state index in [1.165, 1.54) is 19.3 Å². The molecule has 1 aliphatic heterocycles. The van der Waals surface area contributed by atoms with E-state index < -0.39 is 0 Å². The van der Waals surface area contributed by atoms with Gasteiger partial charge in [-0.1, -0.05) is 75.7 Å². The van der Waals surface area contributed by atoms with Crippen molar-refractivity contribution in [3.63, 3.8) is 0 Å². The molecule has 2 heteroatoms. The minimum Gasteiger partial charge on any atom is -0.298 e. The molecular formula is C22H47NO. The predicted molar refractivity (Wildman–Crippen MR) is 110 cm³/mol. The Hall–Kier alpha value is -0.370. The van der Waals surface area contributed by atoms with Crippen molar-refractivity contribution in [3.8, 4) is 0 Å². The molecule has 3 aliphatic rings. The van der Waals surface area contributed by atoms with Gasteiger partial charge in [0.25, 0.3) is 0 Å². The first-order valence-corrected chi connectivity index (χ1v) is 10.6. The Kier molecular flexibility index (Phi) is 11.4. The third-order valence-electron chi connectivity index (χ3n) is 6.52. The number of carbonyl (C=O) groups excluding carboxylic acids is 1. The largest absolute Gasteiger partial charge is 0.298 e. The van der Waals surface area contributed by atoms with E-state index in [9.17, 15) is 4.79 Å². The Bertz CT molecular complexity index is 357. The highest BCUT2D eigenvalue weighted by atomic mass is 16.1. The molecule has 2 spiro atoms. The van der Waals surface area contributed by atoms with Crippen molar-refractivity contribution in [2.45, 2.75) is 108 Å². The van der Waals surface area contributed by atoms with Crippen molar-refractivity contribution >= 4 is 5.78 Å². The second kappa shape index (κ2) is 10.6. The minimum absolute atomic E-state index is 0.194. The summed E-state index contributed by atoms with van der Waals surface area (Å²) in [6.45, 7) is 23.8. The highest BCUT2D eigenvalue weighted by Crippen LogP contribution is 2.88. The fourth-order valence-electron chi connectivity index (χ4n) is 5.23. The van der Waals surface area contributed by atoms with E-state index in [1.807, 2.05) is 55.4 Å². The minimum atomic E-state index is 0.194. The van der Waals surface area contributed by atoms with Crippen LogP contribution in [0.4, 0.5) is 0 Å². The van der Waals surface area contributed by atoms with Crippen LogP contribution < -0.4 is 0 Å². The summed E-state index contributed by atoms with van der Waals surface area (Å²) < 4.78 is 0. The summed E-state index contributed by atoms with van der Waals surface area (Å²) in [5.41, 5.74) is 1.53. The van der Waals surface area contributed by atoms with Crippen LogP contribution >= 0.6 is 0 Å². The molecule has 3 rings (SSSR count). The van der Waals surface area contributed by atoms with Gasteiger partial charge in [0.1, 0.15) is 5.78 Å². The quantitative estimate of drug-likeness (QED) is 0.537. The number of fused-ring (bicyclic) bond motifs is 1. The molecule has 0 aromatic carbocycles. The Morgan fingerprint density at radius 2 is 1.29 bits per heavy atom. The van der Waals surface area contributed by atoms with Crippen LogP contribution in [0.25, 0.3) is 0 Å². The Morgan fingerprint density at radius 3 is 1.50 bits per heavy atom. The molecule has 1 unspecified atom stereocenters. The summed E-state index contributed by atoms with van der Waals surface area (Å²) in [7, 11) is 2.13. The lowest BCUT2D eigenvalue weighted by molar-refractivity contribution is -0.120. The smallest absolute Gasteiger partial charge is 0.146 e. The number of nitrogens with zero attached hydrogens (tertiary/aromatic N) is 1. The Balaban J connectivity index is 0. The first kappa shape index (κ1) is 25.9. The van der Waals surface area contributed by atoms with Crippen LogP contribution in [0, 0.1) is 16.2 Å². The van der Waals surface area contributed by atoms with Crippen molar-refractivity contribution < 1.29 is 4.79 Å². The van der Waals surface area contributed by atoms with Gasteiger partial charge < -0.3 is 0 Å². The summed E-state index contributed by atoms with van der Waals surface area (Å²) >= 11 is 0. The van der Waals surface area contributed by atoms with Gasteiger partial charge in [0.05, 0.1) is 6.04 Å². The summed E-state index contributed by atoms with van der Waals surface area (Å²) in [4.78, 5) is 14.0. The van der Waals surface area contributed by atoms with Crippen molar-refractivity contribution in [3.05, 3.63) is 0 Å². The molecule has 1 saturated heterocycles. The highest BCUT2D eigenvalue weighted by Gasteiger charge is 2.84. The number of Topliss-reactive ketones (excluding diaryl/α,β-unsaturated/α-hetero) is 1. The van der Waals surface area contributed by atoms with Crippen molar-refractivity contribution in [1.29, 1.82) is 0 Å². The number of hydrogen-bond donors (Lipinski definition) is 0. The first-order chi connectivity index (χ1) is 11.4. The zero-order valence-electron chi connectivity index (χ0n) is 19.0. The molecule has 146 valence electrons. The molecular weight excluding hydrogens is 294 g/mol. The maximum absolute atomic E-state index is 11.7. The van der Waals surface area contributed by atoms with Gasteiger partial charge in [-0.2, -0.15) is 0 Å². The summed E-state index contributed by atoms with van der Waals surface area (Å²) in [5, 5.41) is 0. The van der Waals surface area contributed by atoms with Gasteiger partial charge in [0.2, 0.25) is 0 Å². The molecule has 0 aromatic heterocycles. The standard InChI is InChI=1S/C14H23NO.4C2H6/c1-10(16)11-8-14(9-15(11)4)12(2,3)13(14)6-5-7-13;4*1-2/h11H,5-9H2,1-4H3;4*1-2H3/t11?,14-;;;;/m0..../s1. The van der Waals surface area contributed by atoms with Gasteiger partial charge in [-0.05, 0) is 49.5 Å². The molecule has 2 aliphatic carbocycles. The first-order valence-electron chi connectivity index (χ1n) is 10.6. The number of hydrogen-bond acceptors (Lipinski definition) is 2. The molecule has 2 saturated carbocycles. The maximum Gasteiger partial charge on any atom is 0.146 e. The molecule has 24 heavy (non-hydrogen) atoms. The topological polar surface area (TPSA) is 20.3 Å². The van der Waals surface area contributed by atoms with E-state index >= 15 is 0 Å². The monoisotopic (exact) mass is 341 g/mol. The number of rotatable bonds is 1. The third kappa shape index (κ3) is 3.59. The molecule has 3 fully saturated rings. The normalized spacial score (nSPS) is 30.1. The van der Waals surface area contributed by atoms with Crippen molar-refractivity contribution in [2.75, 3.05) is 13.6 Å². The average Bonchev–Trinajstić information content (AvgIpc) is 2.81.